The molecule has 0 unspecified atom stereocenters. The van der Waals surface area contributed by atoms with Gasteiger partial charge in [-0.1, -0.05) is 19.1 Å². The van der Waals surface area contributed by atoms with E-state index < -0.39 is 23.4 Å². The highest BCUT2D eigenvalue weighted by molar-refractivity contribution is 6.04. The average Bonchev–Trinajstić information content (AvgIpc) is 2.34. The van der Waals surface area contributed by atoms with Gasteiger partial charge in [0, 0.05) is 0 Å². The summed E-state index contributed by atoms with van der Waals surface area (Å²) in [5, 5.41) is 0. The van der Waals surface area contributed by atoms with Gasteiger partial charge in [0.1, 0.15) is 5.75 Å². The van der Waals surface area contributed by atoms with Crippen LogP contribution in [0.5, 0.6) is 5.75 Å². The van der Waals surface area contributed by atoms with Gasteiger partial charge in [0.15, 0.2) is 0 Å². The van der Waals surface area contributed by atoms with Crippen LogP contribution in [0.1, 0.15) is 23.7 Å². The van der Waals surface area contributed by atoms with Crippen molar-refractivity contribution in [1.29, 1.82) is 0 Å². The molecule has 0 amide bonds. The number of halogens is 5. The van der Waals surface area contributed by atoms with Crippen molar-refractivity contribution in [3.8, 4) is 5.75 Å². The second-order valence-electron chi connectivity index (χ2n) is 3.75. The molecule has 0 aliphatic carbocycles. The number of rotatable bonds is 5. The number of ketones is 1. The Bertz CT molecular complexity index is 454. The summed E-state index contributed by atoms with van der Waals surface area (Å²) in [5.74, 6) is -8.02. The topological polar surface area (TPSA) is 26.3 Å². The lowest BCUT2D eigenvalue weighted by atomic mass is 10.0. The zero-order valence-electron chi connectivity index (χ0n) is 9.93. The molecule has 0 heterocycles. The van der Waals surface area contributed by atoms with E-state index in [1.807, 2.05) is 0 Å². The first-order valence-corrected chi connectivity index (χ1v) is 5.43. The Morgan fingerprint density at radius 1 is 1.16 bits per heavy atom. The molecule has 0 saturated heterocycles. The standard InChI is InChI=1S/C12H11F5O2/c1-2-7-19-9-6-4-3-5-8(9)10(18)11(13,14)12(15,16)17/h3-6H,2,7H2,1H3. The molecule has 0 atom stereocenters. The number of hydrogen-bond acceptors (Lipinski definition) is 2. The molecule has 1 aromatic carbocycles. The number of hydrogen-bond donors (Lipinski definition) is 0. The normalized spacial score (nSPS) is 12.3. The number of ether oxygens (including phenoxy) is 1. The van der Waals surface area contributed by atoms with Gasteiger partial charge in [0.2, 0.25) is 5.78 Å². The Morgan fingerprint density at radius 2 is 1.74 bits per heavy atom. The molecule has 0 aliphatic rings. The predicted octanol–water partition coefficient (Wildman–Crippen LogP) is 3.86. The van der Waals surface area contributed by atoms with E-state index in [0.29, 0.717) is 6.42 Å². The summed E-state index contributed by atoms with van der Waals surface area (Å²) in [5.41, 5.74) is -0.779. The van der Waals surface area contributed by atoms with Crippen molar-refractivity contribution in [2.45, 2.75) is 25.4 Å². The minimum atomic E-state index is -5.93. The molecule has 0 N–H and O–H groups in total. The van der Waals surface area contributed by atoms with E-state index in [4.69, 9.17) is 4.74 Å². The number of benzene rings is 1. The number of carbonyl (C=O) groups is 1. The van der Waals surface area contributed by atoms with E-state index in [9.17, 15) is 26.7 Å². The number of para-hydroxylation sites is 1. The molecular weight excluding hydrogens is 271 g/mol. The Morgan fingerprint density at radius 3 is 2.26 bits per heavy atom. The van der Waals surface area contributed by atoms with Crippen molar-refractivity contribution >= 4 is 5.78 Å². The van der Waals surface area contributed by atoms with E-state index >= 15 is 0 Å². The predicted molar refractivity (Wildman–Crippen MR) is 57.6 cm³/mol. The van der Waals surface area contributed by atoms with Gasteiger partial charge in [0.25, 0.3) is 0 Å². The van der Waals surface area contributed by atoms with Crippen LogP contribution < -0.4 is 4.74 Å². The number of carbonyl (C=O) groups excluding carboxylic acids is 1. The Hall–Kier alpha value is -1.66. The largest absolute Gasteiger partial charge is 0.493 e. The molecule has 19 heavy (non-hydrogen) atoms. The molecule has 1 rings (SSSR count). The first kappa shape index (κ1) is 15.4. The van der Waals surface area contributed by atoms with E-state index in [1.54, 1.807) is 6.92 Å². The average molecular weight is 282 g/mol. The quantitative estimate of drug-likeness (QED) is 0.605. The maximum Gasteiger partial charge on any atom is 0.461 e. The summed E-state index contributed by atoms with van der Waals surface area (Å²) in [4.78, 5) is 11.3. The summed E-state index contributed by atoms with van der Waals surface area (Å²) in [6.45, 7) is 1.84. The highest BCUT2D eigenvalue weighted by atomic mass is 19.4. The van der Waals surface area contributed by atoms with Crippen LogP contribution in [-0.4, -0.2) is 24.5 Å². The van der Waals surface area contributed by atoms with Gasteiger partial charge in [-0.3, -0.25) is 4.79 Å². The Kier molecular flexibility index (Phi) is 4.49. The van der Waals surface area contributed by atoms with E-state index in [0.717, 1.165) is 6.07 Å². The van der Waals surface area contributed by atoms with Crippen molar-refractivity contribution in [3.05, 3.63) is 29.8 Å². The molecule has 2 nitrogen and oxygen atoms in total. The van der Waals surface area contributed by atoms with Crippen LogP contribution in [-0.2, 0) is 0 Å². The van der Waals surface area contributed by atoms with Gasteiger partial charge in [-0.15, -0.1) is 0 Å². The lowest BCUT2D eigenvalue weighted by Gasteiger charge is -2.19. The van der Waals surface area contributed by atoms with Crippen LogP contribution in [0.25, 0.3) is 0 Å². The van der Waals surface area contributed by atoms with Crippen molar-refractivity contribution in [2.75, 3.05) is 6.61 Å². The van der Waals surface area contributed by atoms with Gasteiger partial charge in [-0.05, 0) is 18.6 Å². The summed E-state index contributed by atoms with van der Waals surface area (Å²) in [6.07, 6.45) is -5.40. The third kappa shape index (κ3) is 3.21. The molecule has 1 aromatic rings. The van der Waals surface area contributed by atoms with Gasteiger partial charge in [0.05, 0.1) is 12.2 Å². The number of alkyl halides is 5. The molecule has 0 radical (unpaired) electrons. The third-order valence-electron chi connectivity index (χ3n) is 2.23. The fraction of sp³-hybridized carbons (Fsp3) is 0.417. The van der Waals surface area contributed by atoms with Crippen LogP contribution >= 0.6 is 0 Å². The molecule has 0 aliphatic heterocycles. The molecule has 106 valence electrons. The lowest BCUT2D eigenvalue weighted by molar-refractivity contribution is -0.255. The third-order valence-corrected chi connectivity index (χ3v) is 2.23. The van der Waals surface area contributed by atoms with E-state index in [-0.39, 0.29) is 12.4 Å². The second-order valence-corrected chi connectivity index (χ2v) is 3.75. The molecule has 0 bridgehead atoms. The zero-order chi connectivity index (χ0) is 14.7. The van der Waals surface area contributed by atoms with Crippen molar-refractivity contribution in [3.63, 3.8) is 0 Å². The first-order valence-electron chi connectivity index (χ1n) is 5.43. The highest BCUT2D eigenvalue weighted by Gasteiger charge is 2.63. The fourth-order valence-electron chi connectivity index (χ4n) is 1.29. The fourth-order valence-corrected chi connectivity index (χ4v) is 1.29. The maximum atomic E-state index is 13.0. The van der Waals surface area contributed by atoms with E-state index in [1.165, 1.54) is 18.2 Å². The monoisotopic (exact) mass is 282 g/mol. The summed E-state index contributed by atoms with van der Waals surface area (Å²) < 4.78 is 67.4. The van der Waals surface area contributed by atoms with Crippen LogP contribution in [0.4, 0.5) is 22.0 Å². The smallest absolute Gasteiger partial charge is 0.461 e. The van der Waals surface area contributed by atoms with Crippen LogP contribution in [0, 0.1) is 0 Å². The van der Waals surface area contributed by atoms with Crippen molar-refractivity contribution in [2.24, 2.45) is 0 Å². The van der Waals surface area contributed by atoms with Crippen LogP contribution in [0.3, 0.4) is 0 Å². The molecule has 0 saturated carbocycles. The van der Waals surface area contributed by atoms with Crippen molar-refractivity contribution < 1.29 is 31.5 Å². The second kappa shape index (κ2) is 5.54. The van der Waals surface area contributed by atoms with Gasteiger partial charge >= 0.3 is 12.1 Å². The van der Waals surface area contributed by atoms with Gasteiger partial charge in [-0.25, -0.2) is 0 Å². The number of Topliss-reactive ketones (excluding diaryl/α,β-unsaturated/α-hetero) is 1. The van der Waals surface area contributed by atoms with Crippen LogP contribution in [0.2, 0.25) is 0 Å². The Balaban J connectivity index is 3.13. The van der Waals surface area contributed by atoms with Crippen LogP contribution in [0.15, 0.2) is 24.3 Å². The maximum absolute atomic E-state index is 13.0. The minimum Gasteiger partial charge on any atom is -0.493 e. The van der Waals surface area contributed by atoms with E-state index in [2.05, 4.69) is 0 Å². The highest BCUT2D eigenvalue weighted by Crippen LogP contribution is 2.39. The molecule has 7 heteroatoms. The summed E-state index contributed by atoms with van der Waals surface area (Å²) in [7, 11) is 0. The molecule has 0 aromatic heterocycles. The zero-order valence-corrected chi connectivity index (χ0v) is 9.93. The molecule has 0 spiro atoms. The van der Waals surface area contributed by atoms with Gasteiger partial charge in [-0.2, -0.15) is 22.0 Å². The Labute approximate surface area is 106 Å². The minimum absolute atomic E-state index is 0.113. The SMILES string of the molecule is CCCOc1ccccc1C(=O)C(F)(F)C(F)(F)F. The summed E-state index contributed by atoms with van der Waals surface area (Å²) in [6, 6.07) is 4.63. The lowest BCUT2D eigenvalue weighted by Crippen LogP contribution is -2.44. The van der Waals surface area contributed by atoms with Gasteiger partial charge < -0.3 is 4.74 Å². The molecular formula is C12H11F5O2. The van der Waals surface area contributed by atoms with Crippen molar-refractivity contribution in [1.82, 2.24) is 0 Å². The first-order chi connectivity index (χ1) is 8.71. The summed E-state index contributed by atoms with van der Waals surface area (Å²) >= 11 is 0. The molecule has 0 fully saturated rings.